The van der Waals surface area contributed by atoms with Gasteiger partial charge >= 0.3 is 0 Å². The molecule has 0 N–H and O–H groups in total. The Labute approximate surface area is 138 Å². The third-order valence-electron chi connectivity index (χ3n) is 4.22. The van der Waals surface area contributed by atoms with E-state index in [9.17, 15) is 9.59 Å². The lowest BCUT2D eigenvalue weighted by Gasteiger charge is -2.28. The molecule has 5 heteroatoms. The molecule has 2 amide bonds. The van der Waals surface area contributed by atoms with Crippen molar-refractivity contribution in [3.8, 4) is 0 Å². The predicted octanol–water partition coefficient (Wildman–Crippen LogP) is 2.79. The quantitative estimate of drug-likeness (QED) is 0.619. The molecule has 1 aromatic rings. The van der Waals surface area contributed by atoms with Crippen LogP contribution in [0.3, 0.4) is 0 Å². The lowest BCUT2D eigenvalue weighted by atomic mass is 9.71. The molecule has 22 heavy (non-hydrogen) atoms. The minimum absolute atomic E-state index is 0.0908. The molecule has 0 aromatic heterocycles. The van der Waals surface area contributed by atoms with Crippen molar-refractivity contribution in [2.45, 2.75) is 50.1 Å². The second kappa shape index (κ2) is 6.49. The Hall–Kier alpha value is -1.23. The van der Waals surface area contributed by atoms with Crippen LogP contribution in [0.25, 0.3) is 0 Å². The summed E-state index contributed by atoms with van der Waals surface area (Å²) in [7, 11) is 2.22. The lowest BCUT2D eigenvalue weighted by molar-refractivity contribution is -0.121. The fraction of sp³-hybridized carbons (Fsp3) is 0.529. The maximum Gasteiger partial charge on any atom is 0.247 e. The van der Waals surface area contributed by atoms with Crippen molar-refractivity contribution in [2.75, 3.05) is 11.2 Å². The molecule has 118 valence electrons. The normalized spacial score (nSPS) is 20.5. The largest absolute Gasteiger partial charge is 0.274 e. The third-order valence-corrected chi connectivity index (χ3v) is 5.15. The lowest BCUT2D eigenvalue weighted by Crippen LogP contribution is -2.31. The van der Waals surface area contributed by atoms with Gasteiger partial charge in [-0.1, -0.05) is 38.7 Å². The standard InChI is InChI=1S/C17H24BNO2S/c1-11(18)10-17(2,3)12-5-7-13(8-6-12)19-15(20)9-14(22-4)16(19)21/h5-8,11,14H,9-10,18H2,1-4H3. The van der Waals surface area contributed by atoms with Gasteiger partial charge in [-0.3, -0.25) is 9.59 Å². The van der Waals surface area contributed by atoms with Crippen molar-refractivity contribution in [2.24, 2.45) is 0 Å². The van der Waals surface area contributed by atoms with Gasteiger partial charge in [-0.05, 0) is 35.8 Å². The van der Waals surface area contributed by atoms with E-state index in [1.54, 1.807) is 0 Å². The third kappa shape index (κ3) is 3.40. The van der Waals surface area contributed by atoms with Crippen molar-refractivity contribution in [1.29, 1.82) is 0 Å². The highest BCUT2D eigenvalue weighted by atomic mass is 32.2. The predicted molar refractivity (Wildman–Crippen MR) is 96.5 cm³/mol. The van der Waals surface area contributed by atoms with Gasteiger partial charge in [0.05, 0.1) is 10.9 Å². The summed E-state index contributed by atoms with van der Waals surface area (Å²) in [5.41, 5.74) is 2.02. The fourth-order valence-corrected chi connectivity index (χ4v) is 3.88. The molecule has 1 heterocycles. The van der Waals surface area contributed by atoms with Crippen LogP contribution in [0.1, 0.15) is 39.2 Å². The fourth-order valence-electron chi connectivity index (χ4n) is 3.26. The van der Waals surface area contributed by atoms with E-state index in [-0.39, 0.29) is 22.5 Å². The highest BCUT2D eigenvalue weighted by Crippen LogP contribution is 2.34. The van der Waals surface area contributed by atoms with Gasteiger partial charge in [0, 0.05) is 6.42 Å². The number of nitrogens with zero attached hydrogens (tertiary/aromatic N) is 1. The van der Waals surface area contributed by atoms with Crippen LogP contribution in [0.4, 0.5) is 5.69 Å². The number of anilines is 1. The summed E-state index contributed by atoms with van der Waals surface area (Å²) in [6.45, 7) is 6.69. The van der Waals surface area contributed by atoms with Crippen molar-refractivity contribution in [3.05, 3.63) is 29.8 Å². The number of amides is 2. The van der Waals surface area contributed by atoms with Crippen molar-refractivity contribution < 1.29 is 9.59 Å². The van der Waals surface area contributed by atoms with Crippen LogP contribution in [-0.2, 0) is 15.0 Å². The molecule has 1 aliphatic rings. The molecule has 1 aliphatic heterocycles. The van der Waals surface area contributed by atoms with Gasteiger partial charge in [-0.2, -0.15) is 11.8 Å². The molecule has 0 bridgehead atoms. The highest BCUT2D eigenvalue weighted by Gasteiger charge is 2.39. The van der Waals surface area contributed by atoms with Crippen molar-refractivity contribution in [3.63, 3.8) is 0 Å². The summed E-state index contributed by atoms with van der Waals surface area (Å²) in [5.74, 6) is 0.434. The summed E-state index contributed by atoms with van der Waals surface area (Å²) in [6, 6.07) is 7.89. The Morgan fingerprint density at radius 2 is 1.91 bits per heavy atom. The Morgan fingerprint density at radius 1 is 1.32 bits per heavy atom. The molecule has 1 aromatic carbocycles. The number of carbonyl (C=O) groups excluding carboxylic acids is 2. The van der Waals surface area contributed by atoms with E-state index in [0.717, 1.165) is 6.42 Å². The summed E-state index contributed by atoms with van der Waals surface area (Å²) in [6.07, 6.45) is 3.28. The summed E-state index contributed by atoms with van der Waals surface area (Å²) >= 11 is 1.44. The van der Waals surface area contributed by atoms with Gasteiger partial charge in [0.25, 0.3) is 0 Å². The van der Waals surface area contributed by atoms with Crippen LogP contribution in [-0.4, -0.2) is 31.2 Å². The number of carbonyl (C=O) groups is 2. The molecule has 0 saturated carbocycles. The van der Waals surface area contributed by atoms with E-state index >= 15 is 0 Å². The van der Waals surface area contributed by atoms with Crippen LogP contribution in [0, 0.1) is 0 Å². The molecular weight excluding hydrogens is 293 g/mol. The molecule has 2 rings (SSSR count). The van der Waals surface area contributed by atoms with Crippen LogP contribution in [0.2, 0.25) is 5.82 Å². The van der Waals surface area contributed by atoms with Crippen LogP contribution < -0.4 is 4.90 Å². The van der Waals surface area contributed by atoms with Gasteiger partial charge in [-0.15, -0.1) is 0 Å². The topological polar surface area (TPSA) is 37.4 Å². The average molecular weight is 317 g/mol. The Morgan fingerprint density at radius 3 is 2.36 bits per heavy atom. The number of imide groups is 1. The monoisotopic (exact) mass is 317 g/mol. The summed E-state index contributed by atoms with van der Waals surface area (Å²) in [4.78, 5) is 25.7. The van der Waals surface area contributed by atoms with Crippen LogP contribution in [0.5, 0.6) is 0 Å². The zero-order valence-electron chi connectivity index (χ0n) is 14.1. The van der Waals surface area contributed by atoms with Crippen LogP contribution in [0.15, 0.2) is 24.3 Å². The van der Waals surface area contributed by atoms with E-state index in [4.69, 9.17) is 0 Å². The summed E-state index contributed by atoms with van der Waals surface area (Å²) in [5, 5.41) is -0.232. The van der Waals surface area contributed by atoms with E-state index in [0.29, 0.717) is 17.9 Å². The van der Waals surface area contributed by atoms with E-state index in [1.807, 2.05) is 30.5 Å². The van der Waals surface area contributed by atoms with E-state index < -0.39 is 0 Å². The molecule has 0 spiro atoms. The minimum atomic E-state index is -0.232. The van der Waals surface area contributed by atoms with Gasteiger partial charge in [-0.25, -0.2) is 4.90 Å². The second-order valence-electron chi connectivity index (χ2n) is 7.02. The zero-order valence-corrected chi connectivity index (χ0v) is 14.9. The average Bonchev–Trinajstić information content (AvgIpc) is 2.72. The molecule has 2 atom stereocenters. The van der Waals surface area contributed by atoms with Crippen molar-refractivity contribution in [1.82, 2.24) is 0 Å². The molecule has 2 unspecified atom stereocenters. The molecule has 1 saturated heterocycles. The smallest absolute Gasteiger partial charge is 0.247 e. The Bertz CT molecular complexity index is 569. The van der Waals surface area contributed by atoms with E-state index in [2.05, 4.69) is 28.6 Å². The molecule has 3 nitrogen and oxygen atoms in total. The maximum atomic E-state index is 12.3. The van der Waals surface area contributed by atoms with Gasteiger partial charge in [0.1, 0.15) is 7.85 Å². The second-order valence-corrected chi connectivity index (χ2v) is 8.07. The van der Waals surface area contributed by atoms with E-state index in [1.165, 1.54) is 22.2 Å². The van der Waals surface area contributed by atoms with Gasteiger partial charge in [0.2, 0.25) is 11.8 Å². The van der Waals surface area contributed by atoms with Gasteiger partial charge < -0.3 is 0 Å². The highest BCUT2D eigenvalue weighted by molar-refractivity contribution is 8.00. The number of benzene rings is 1. The maximum absolute atomic E-state index is 12.3. The first-order chi connectivity index (χ1) is 10.3. The molecule has 0 radical (unpaired) electrons. The van der Waals surface area contributed by atoms with Gasteiger partial charge in [0.15, 0.2) is 0 Å². The van der Waals surface area contributed by atoms with Crippen molar-refractivity contribution >= 4 is 37.1 Å². The SMILES string of the molecule is BC(C)CC(C)(C)c1ccc(N2C(=O)CC(SC)C2=O)cc1. The number of thioether (sulfide) groups is 1. The Kier molecular flexibility index (Phi) is 5.05. The Balaban J connectivity index is 2.22. The minimum Gasteiger partial charge on any atom is -0.274 e. The molecule has 1 fully saturated rings. The number of hydrogen-bond donors (Lipinski definition) is 0. The first-order valence-corrected chi connectivity index (χ1v) is 9.05. The summed E-state index contributed by atoms with van der Waals surface area (Å²) < 4.78 is 0. The number of hydrogen-bond acceptors (Lipinski definition) is 3. The first kappa shape index (κ1) is 17.1. The molecule has 0 aliphatic carbocycles. The molecular formula is C17H24BNO2S. The zero-order chi connectivity index (χ0) is 16.5. The van der Waals surface area contributed by atoms with Crippen LogP contribution >= 0.6 is 11.8 Å². The number of rotatable bonds is 5. The first-order valence-electron chi connectivity index (χ1n) is 7.76.